The highest BCUT2D eigenvalue weighted by Gasteiger charge is 2.19. The second-order valence-electron chi connectivity index (χ2n) is 3.20. The zero-order chi connectivity index (χ0) is 13.0. The van der Waals surface area contributed by atoms with Crippen LogP contribution in [0.1, 0.15) is 17.3 Å². The van der Waals surface area contributed by atoms with E-state index in [1.165, 1.54) is 23.9 Å². The Bertz CT molecular complexity index is 410. The Morgan fingerprint density at radius 1 is 1.47 bits per heavy atom. The highest BCUT2D eigenvalue weighted by molar-refractivity contribution is 9.10. The number of alkyl halides is 3. The average molecular weight is 325 g/mol. The Labute approximate surface area is 111 Å². The fraction of sp³-hybridized carbons (Fsp3) is 0.364. The molecule has 0 aliphatic carbocycles. The summed E-state index contributed by atoms with van der Waals surface area (Å²) in [6.07, 6.45) is 1.71. The second kappa shape index (κ2) is 6.35. The molecular formula is C11H11BrF2O2S. The highest BCUT2D eigenvalue weighted by atomic mass is 79.9. The molecule has 0 aromatic heterocycles. The third-order valence-corrected chi connectivity index (χ3v) is 3.27. The van der Waals surface area contributed by atoms with Gasteiger partial charge in [0.15, 0.2) is 5.78 Å². The summed E-state index contributed by atoms with van der Waals surface area (Å²) in [4.78, 5) is 11.9. The molecule has 0 saturated carbocycles. The Morgan fingerprint density at radius 3 is 2.59 bits per heavy atom. The van der Waals surface area contributed by atoms with Crippen molar-refractivity contribution < 1.29 is 18.3 Å². The maximum Gasteiger partial charge on any atom is 0.387 e. The predicted molar refractivity (Wildman–Crippen MR) is 67.6 cm³/mol. The fourth-order valence-corrected chi connectivity index (χ4v) is 2.28. The summed E-state index contributed by atoms with van der Waals surface area (Å²) in [7, 11) is 0. The molecule has 0 spiro atoms. The van der Waals surface area contributed by atoms with Crippen LogP contribution >= 0.6 is 27.7 Å². The highest BCUT2D eigenvalue weighted by Crippen LogP contribution is 2.33. The van der Waals surface area contributed by atoms with Crippen LogP contribution in [0, 0.1) is 0 Å². The molecule has 1 aromatic rings. The van der Waals surface area contributed by atoms with E-state index < -0.39 is 6.61 Å². The van der Waals surface area contributed by atoms with Crippen LogP contribution in [-0.4, -0.2) is 23.5 Å². The first kappa shape index (κ1) is 14.4. The van der Waals surface area contributed by atoms with Gasteiger partial charge in [-0.25, -0.2) is 0 Å². The molecule has 94 valence electrons. The molecule has 2 nitrogen and oxygen atoms in total. The normalized spacial score (nSPS) is 12.6. The van der Waals surface area contributed by atoms with E-state index >= 15 is 0 Å². The summed E-state index contributed by atoms with van der Waals surface area (Å²) < 4.78 is 28.8. The topological polar surface area (TPSA) is 26.3 Å². The first-order valence-electron chi connectivity index (χ1n) is 4.77. The summed E-state index contributed by atoms with van der Waals surface area (Å²) in [6, 6.07) is 4.55. The van der Waals surface area contributed by atoms with Gasteiger partial charge in [-0.1, -0.05) is 22.0 Å². The molecule has 0 aliphatic rings. The Hall–Kier alpha value is -0.620. The lowest BCUT2D eigenvalue weighted by Gasteiger charge is -2.13. The van der Waals surface area contributed by atoms with Crippen molar-refractivity contribution >= 4 is 33.5 Å². The molecule has 0 bridgehead atoms. The summed E-state index contributed by atoms with van der Waals surface area (Å²) in [5.74, 6) is -0.124. The number of ether oxygens (including phenoxy) is 1. The van der Waals surface area contributed by atoms with E-state index in [4.69, 9.17) is 0 Å². The minimum absolute atomic E-state index is 0.0338. The molecular weight excluding hydrogens is 314 g/mol. The van der Waals surface area contributed by atoms with E-state index in [1.807, 2.05) is 0 Å². The third-order valence-electron chi connectivity index (χ3n) is 2.03. The number of thioether (sulfide) groups is 1. The minimum atomic E-state index is -2.90. The van der Waals surface area contributed by atoms with E-state index in [9.17, 15) is 13.6 Å². The summed E-state index contributed by atoms with van der Waals surface area (Å²) in [5.41, 5.74) is 0.389. The molecule has 0 amide bonds. The number of carbonyl (C=O) groups is 1. The summed E-state index contributed by atoms with van der Waals surface area (Å²) >= 11 is 4.38. The van der Waals surface area contributed by atoms with Crippen molar-refractivity contribution in [2.45, 2.75) is 23.3 Å². The molecule has 0 heterocycles. The maximum absolute atomic E-state index is 12.2. The molecule has 0 saturated heterocycles. The number of hydrogen-bond acceptors (Lipinski definition) is 3. The van der Waals surface area contributed by atoms with Gasteiger partial charge in [-0.3, -0.25) is 4.79 Å². The van der Waals surface area contributed by atoms with Crippen molar-refractivity contribution in [3.8, 4) is 5.75 Å². The quantitative estimate of drug-likeness (QED) is 0.465. The lowest BCUT2D eigenvalue weighted by Crippen LogP contribution is -2.12. The summed E-state index contributed by atoms with van der Waals surface area (Å²) in [5, 5.41) is 0. The van der Waals surface area contributed by atoms with Gasteiger partial charge in [0.2, 0.25) is 0 Å². The Kier molecular flexibility index (Phi) is 5.39. The van der Waals surface area contributed by atoms with E-state index in [2.05, 4.69) is 20.7 Å². The molecule has 1 unspecified atom stereocenters. The van der Waals surface area contributed by atoms with Gasteiger partial charge in [-0.2, -0.15) is 8.78 Å². The van der Waals surface area contributed by atoms with Gasteiger partial charge < -0.3 is 4.74 Å². The first-order chi connectivity index (χ1) is 7.97. The first-order valence-corrected chi connectivity index (χ1v) is 6.91. The van der Waals surface area contributed by atoms with Gasteiger partial charge in [0.05, 0.1) is 9.72 Å². The van der Waals surface area contributed by atoms with Crippen molar-refractivity contribution in [2.24, 2.45) is 0 Å². The largest absolute Gasteiger partial charge is 0.434 e. The molecule has 0 radical (unpaired) electrons. The standard InChI is InChI=1S/C11H11BrF2O2S/c1-6(12)9(15)7-4-3-5-8(10(7)17-2)16-11(13)14/h3-6,11H,1-2H3. The van der Waals surface area contributed by atoms with Gasteiger partial charge in [-0.15, -0.1) is 11.8 Å². The van der Waals surface area contributed by atoms with E-state index in [-0.39, 0.29) is 16.4 Å². The van der Waals surface area contributed by atoms with Crippen LogP contribution in [0.15, 0.2) is 23.1 Å². The lowest BCUT2D eigenvalue weighted by atomic mass is 10.1. The molecule has 1 rings (SSSR count). The van der Waals surface area contributed by atoms with Crippen molar-refractivity contribution in [3.63, 3.8) is 0 Å². The number of rotatable bonds is 5. The van der Waals surface area contributed by atoms with Crippen molar-refractivity contribution in [3.05, 3.63) is 23.8 Å². The van der Waals surface area contributed by atoms with Crippen molar-refractivity contribution in [1.29, 1.82) is 0 Å². The smallest absolute Gasteiger partial charge is 0.387 e. The van der Waals surface area contributed by atoms with Gasteiger partial charge in [0.25, 0.3) is 0 Å². The molecule has 0 aliphatic heterocycles. The van der Waals surface area contributed by atoms with E-state index in [0.717, 1.165) is 0 Å². The van der Waals surface area contributed by atoms with E-state index in [1.54, 1.807) is 19.2 Å². The summed E-state index contributed by atoms with van der Waals surface area (Å²) in [6.45, 7) is -1.21. The van der Waals surface area contributed by atoms with E-state index in [0.29, 0.717) is 10.5 Å². The van der Waals surface area contributed by atoms with Gasteiger partial charge in [0, 0.05) is 5.56 Å². The number of ketones is 1. The molecule has 0 N–H and O–H groups in total. The molecule has 17 heavy (non-hydrogen) atoms. The van der Waals surface area contributed by atoms with Crippen molar-refractivity contribution in [2.75, 3.05) is 6.26 Å². The van der Waals surface area contributed by atoms with Crippen molar-refractivity contribution in [1.82, 2.24) is 0 Å². The molecule has 1 atom stereocenters. The number of halogens is 3. The van der Waals surface area contributed by atoms with Gasteiger partial charge in [-0.05, 0) is 25.3 Å². The number of carbonyl (C=O) groups excluding carboxylic acids is 1. The van der Waals surface area contributed by atoms with Crippen LogP contribution in [0.4, 0.5) is 8.78 Å². The lowest BCUT2D eigenvalue weighted by molar-refractivity contribution is -0.0517. The minimum Gasteiger partial charge on any atom is -0.434 e. The zero-order valence-corrected chi connectivity index (χ0v) is 11.6. The fourth-order valence-electron chi connectivity index (χ4n) is 1.32. The molecule has 6 heteroatoms. The average Bonchev–Trinajstić information content (AvgIpc) is 2.26. The van der Waals surface area contributed by atoms with Crippen LogP contribution in [-0.2, 0) is 0 Å². The second-order valence-corrected chi connectivity index (χ2v) is 5.39. The maximum atomic E-state index is 12.2. The zero-order valence-electron chi connectivity index (χ0n) is 9.25. The Balaban J connectivity index is 3.18. The third kappa shape index (κ3) is 3.67. The Morgan fingerprint density at radius 2 is 2.12 bits per heavy atom. The van der Waals surface area contributed by atoms with Crippen LogP contribution in [0.5, 0.6) is 5.75 Å². The van der Waals surface area contributed by atoms with Gasteiger partial charge >= 0.3 is 6.61 Å². The predicted octanol–water partition coefficient (Wildman–Crippen LogP) is 3.98. The van der Waals surface area contributed by atoms with Crippen LogP contribution < -0.4 is 4.74 Å². The number of hydrogen-bond donors (Lipinski definition) is 0. The monoisotopic (exact) mass is 324 g/mol. The molecule has 1 aromatic carbocycles. The number of benzene rings is 1. The van der Waals surface area contributed by atoms with Crippen LogP contribution in [0.3, 0.4) is 0 Å². The van der Waals surface area contributed by atoms with Crippen LogP contribution in [0.2, 0.25) is 0 Å². The molecule has 0 fully saturated rings. The van der Waals surface area contributed by atoms with Crippen LogP contribution in [0.25, 0.3) is 0 Å². The number of Topliss-reactive ketones (excluding diaryl/α,β-unsaturated/α-hetero) is 1. The van der Waals surface area contributed by atoms with Gasteiger partial charge in [0.1, 0.15) is 5.75 Å². The SMILES string of the molecule is CSc1c(OC(F)F)cccc1C(=O)C(C)Br.